The molecule has 2 aromatic heterocycles. The normalized spacial score (nSPS) is 20.3. The maximum atomic E-state index is 14.3. The maximum Gasteiger partial charge on any atom is 0.306 e. The first-order valence-corrected chi connectivity index (χ1v) is 8.95. The molecule has 0 spiro atoms. The second-order valence-electron chi connectivity index (χ2n) is 7.42. The molecule has 2 aromatic rings. The van der Waals surface area contributed by atoms with Crippen molar-refractivity contribution in [3.8, 4) is 11.3 Å². The van der Waals surface area contributed by atoms with E-state index in [1.165, 1.54) is 6.20 Å². The fourth-order valence-corrected chi connectivity index (χ4v) is 3.28. The molecule has 144 valence electrons. The first-order chi connectivity index (χ1) is 12.7. The minimum absolute atomic E-state index is 0.0671. The van der Waals surface area contributed by atoms with Gasteiger partial charge in [-0.05, 0) is 45.2 Å². The largest absolute Gasteiger partial charge is 0.481 e. The van der Waals surface area contributed by atoms with Gasteiger partial charge in [0, 0.05) is 17.8 Å². The Morgan fingerprint density at radius 2 is 2.11 bits per heavy atom. The first-order valence-electron chi connectivity index (χ1n) is 8.95. The van der Waals surface area contributed by atoms with E-state index in [2.05, 4.69) is 20.3 Å². The first kappa shape index (κ1) is 19.2. The molecule has 7 nitrogen and oxygen atoms in total. The van der Waals surface area contributed by atoms with Crippen molar-refractivity contribution >= 4 is 11.9 Å². The molecule has 0 bridgehead atoms. The molecule has 1 aliphatic rings. The van der Waals surface area contributed by atoms with E-state index in [4.69, 9.17) is 0 Å². The molecule has 1 fully saturated rings. The molecule has 0 amide bonds. The van der Waals surface area contributed by atoms with Gasteiger partial charge in [-0.15, -0.1) is 0 Å². The quantitative estimate of drug-likeness (QED) is 0.738. The van der Waals surface area contributed by atoms with Crippen LogP contribution in [0.3, 0.4) is 0 Å². The lowest BCUT2D eigenvalue weighted by atomic mass is 9.86. The minimum Gasteiger partial charge on any atom is -0.481 e. The van der Waals surface area contributed by atoms with Crippen molar-refractivity contribution in [3.63, 3.8) is 0 Å². The van der Waals surface area contributed by atoms with E-state index in [0.29, 0.717) is 24.1 Å². The Hall–Kier alpha value is -2.61. The van der Waals surface area contributed by atoms with Gasteiger partial charge < -0.3 is 15.5 Å². The van der Waals surface area contributed by atoms with Crippen LogP contribution in [0, 0.1) is 11.7 Å². The van der Waals surface area contributed by atoms with Crippen molar-refractivity contribution < 1.29 is 19.4 Å². The zero-order chi connectivity index (χ0) is 19.6. The average molecular weight is 374 g/mol. The lowest BCUT2D eigenvalue weighted by Crippen LogP contribution is -2.31. The van der Waals surface area contributed by atoms with Crippen LogP contribution in [-0.2, 0) is 10.4 Å². The minimum atomic E-state index is -1.16. The Balaban J connectivity index is 1.84. The average Bonchev–Trinajstić information content (AvgIpc) is 2.63. The standard InChI is InChI=1S/C19H23FN4O3/c1-19(2,27)15-9-11(6-7-21-15)16-14(20)10-22-18(24-16)23-13-5-3-4-12(8-13)17(25)26/h6-7,9-10,12-13,27H,3-5,8H2,1-2H3,(H,25,26)(H,22,23,24)/t12-,13+/m0/s1. The Kier molecular flexibility index (Phi) is 5.36. The van der Waals surface area contributed by atoms with Crippen LogP contribution in [0.2, 0.25) is 0 Å². The van der Waals surface area contributed by atoms with Crippen LogP contribution in [0.15, 0.2) is 24.5 Å². The van der Waals surface area contributed by atoms with Gasteiger partial charge in [0.1, 0.15) is 11.3 Å². The van der Waals surface area contributed by atoms with Gasteiger partial charge in [0.2, 0.25) is 5.95 Å². The lowest BCUT2D eigenvalue weighted by Gasteiger charge is -2.27. The zero-order valence-corrected chi connectivity index (χ0v) is 15.3. The summed E-state index contributed by atoms with van der Waals surface area (Å²) in [6, 6.07) is 3.14. The number of nitrogens with zero attached hydrogens (tertiary/aromatic N) is 3. The number of carbonyl (C=O) groups is 1. The summed E-state index contributed by atoms with van der Waals surface area (Å²) in [6.45, 7) is 3.20. The van der Waals surface area contributed by atoms with Crippen molar-refractivity contribution in [1.29, 1.82) is 0 Å². The number of anilines is 1. The number of halogens is 1. The topological polar surface area (TPSA) is 108 Å². The van der Waals surface area contributed by atoms with Gasteiger partial charge in [-0.25, -0.2) is 14.4 Å². The van der Waals surface area contributed by atoms with Crippen LogP contribution in [0.25, 0.3) is 11.3 Å². The van der Waals surface area contributed by atoms with E-state index < -0.39 is 17.4 Å². The van der Waals surface area contributed by atoms with Crippen molar-refractivity contribution in [2.24, 2.45) is 5.92 Å². The third-order valence-electron chi connectivity index (χ3n) is 4.76. The van der Waals surface area contributed by atoms with Crippen molar-refractivity contribution in [1.82, 2.24) is 15.0 Å². The monoisotopic (exact) mass is 374 g/mol. The Morgan fingerprint density at radius 1 is 1.33 bits per heavy atom. The summed E-state index contributed by atoms with van der Waals surface area (Å²) in [5.41, 5.74) is -0.165. The number of rotatable bonds is 5. The third kappa shape index (κ3) is 4.57. The number of pyridine rings is 1. The van der Waals surface area contributed by atoms with Crippen LogP contribution in [-0.4, -0.2) is 37.2 Å². The fourth-order valence-electron chi connectivity index (χ4n) is 3.28. The fraction of sp³-hybridized carbons (Fsp3) is 0.474. The molecule has 0 aliphatic heterocycles. The number of aliphatic hydroxyl groups is 1. The maximum absolute atomic E-state index is 14.3. The van der Waals surface area contributed by atoms with Gasteiger partial charge in [-0.3, -0.25) is 9.78 Å². The number of hydrogen-bond donors (Lipinski definition) is 3. The van der Waals surface area contributed by atoms with Crippen LogP contribution >= 0.6 is 0 Å². The molecule has 8 heteroatoms. The summed E-state index contributed by atoms with van der Waals surface area (Å²) >= 11 is 0. The highest BCUT2D eigenvalue weighted by Crippen LogP contribution is 2.28. The highest BCUT2D eigenvalue weighted by atomic mass is 19.1. The number of hydrogen-bond acceptors (Lipinski definition) is 6. The van der Waals surface area contributed by atoms with E-state index in [1.807, 2.05) is 0 Å². The second kappa shape index (κ2) is 7.56. The van der Waals surface area contributed by atoms with Crippen LogP contribution in [0.5, 0.6) is 0 Å². The predicted octanol–water partition coefficient (Wildman–Crippen LogP) is 2.96. The van der Waals surface area contributed by atoms with Gasteiger partial charge in [0.15, 0.2) is 5.82 Å². The van der Waals surface area contributed by atoms with Crippen molar-refractivity contribution in [3.05, 3.63) is 36.0 Å². The summed E-state index contributed by atoms with van der Waals surface area (Å²) in [7, 11) is 0. The third-order valence-corrected chi connectivity index (χ3v) is 4.76. The zero-order valence-electron chi connectivity index (χ0n) is 15.3. The lowest BCUT2D eigenvalue weighted by molar-refractivity contribution is -0.142. The molecular weight excluding hydrogens is 351 g/mol. The summed E-state index contributed by atoms with van der Waals surface area (Å²) < 4.78 is 14.3. The number of aliphatic carboxylic acids is 1. The van der Waals surface area contributed by atoms with Gasteiger partial charge in [0.05, 0.1) is 17.8 Å². The summed E-state index contributed by atoms with van der Waals surface area (Å²) in [5.74, 6) is -1.51. The Bertz CT molecular complexity index is 838. The molecule has 2 heterocycles. The van der Waals surface area contributed by atoms with E-state index in [1.54, 1.807) is 26.0 Å². The molecule has 0 aromatic carbocycles. The van der Waals surface area contributed by atoms with Gasteiger partial charge in [0.25, 0.3) is 0 Å². The Morgan fingerprint density at radius 3 is 2.81 bits per heavy atom. The Labute approximate surface area is 156 Å². The van der Waals surface area contributed by atoms with E-state index >= 15 is 0 Å². The smallest absolute Gasteiger partial charge is 0.306 e. The molecule has 0 saturated heterocycles. The number of aromatic nitrogens is 3. The van der Waals surface area contributed by atoms with Gasteiger partial charge >= 0.3 is 5.97 Å². The van der Waals surface area contributed by atoms with Crippen LogP contribution in [0.1, 0.15) is 45.2 Å². The van der Waals surface area contributed by atoms with E-state index in [-0.39, 0.29) is 23.6 Å². The molecular formula is C19H23FN4O3. The van der Waals surface area contributed by atoms with E-state index in [9.17, 15) is 19.4 Å². The molecule has 3 N–H and O–H groups in total. The van der Waals surface area contributed by atoms with Crippen molar-refractivity contribution in [2.75, 3.05) is 5.32 Å². The van der Waals surface area contributed by atoms with E-state index in [0.717, 1.165) is 19.0 Å². The molecule has 2 atom stereocenters. The highest BCUT2D eigenvalue weighted by molar-refractivity contribution is 5.70. The summed E-state index contributed by atoms with van der Waals surface area (Å²) in [6.07, 6.45) is 5.37. The molecule has 1 aliphatic carbocycles. The molecule has 3 rings (SSSR count). The van der Waals surface area contributed by atoms with Crippen LogP contribution in [0.4, 0.5) is 10.3 Å². The highest BCUT2D eigenvalue weighted by Gasteiger charge is 2.27. The number of carboxylic acid groups (broad SMARTS) is 1. The molecule has 0 unspecified atom stereocenters. The predicted molar refractivity (Wildman–Crippen MR) is 97.5 cm³/mol. The summed E-state index contributed by atoms with van der Waals surface area (Å²) in [5, 5.41) is 22.5. The molecule has 1 saturated carbocycles. The molecule has 27 heavy (non-hydrogen) atoms. The van der Waals surface area contributed by atoms with Gasteiger partial charge in [-0.1, -0.05) is 6.42 Å². The number of carboxylic acids is 1. The van der Waals surface area contributed by atoms with Crippen molar-refractivity contribution in [2.45, 2.75) is 51.2 Å². The summed E-state index contributed by atoms with van der Waals surface area (Å²) in [4.78, 5) is 23.6. The molecule has 0 radical (unpaired) electrons. The van der Waals surface area contributed by atoms with Gasteiger partial charge in [-0.2, -0.15) is 0 Å². The SMILES string of the molecule is CC(C)(O)c1cc(-c2nc(N[C@@H]3CCC[C@H](C(=O)O)C3)ncc2F)ccn1. The number of nitrogens with one attached hydrogen (secondary N) is 1. The van der Waals surface area contributed by atoms with Crippen LogP contribution < -0.4 is 5.32 Å². The second-order valence-corrected chi connectivity index (χ2v) is 7.42.